The molecule has 0 radical (unpaired) electrons. The van der Waals surface area contributed by atoms with Gasteiger partial charge in [-0.25, -0.2) is 0 Å². The smallest absolute Gasteiger partial charge is 0.165 e. The molecule has 0 saturated carbocycles. The summed E-state index contributed by atoms with van der Waals surface area (Å²) in [6, 6.07) is 6.22. The molecule has 1 fully saturated rings. The second kappa shape index (κ2) is 4.97. The first kappa shape index (κ1) is 11.6. The topological polar surface area (TPSA) is 32.3 Å². The molecule has 4 heteroatoms. The first-order chi connectivity index (χ1) is 7.66. The molecule has 0 amide bonds. The van der Waals surface area contributed by atoms with Crippen LogP contribution in [0.15, 0.2) is 22.7 Å². The SMILES string of the molecule is Cc1ccc(N2CCNCC(=O)C2)c(Br)c1. The van der Waals surface area contributed by atoms with Crippen LogP contribution in [0.1, 0.15) is 5.56 Å². The van der Waals surface area contributed by atoms with Gasteiger partial charge in [0.15, 0.2) is 5.78 Å². The van der Waals surface area contributed by atoms with Gasteiger partial charge in [-0.15, -0.1) is 0 Å². The molecule has 1 aromatic rings. The van der Waals surface area contributed by atoms with E-state index in [0.29, 0.717) is 13.1 Å². The van der Waals surface area contributed by atoms with Crippen molar-refractivity contribution in [2.45, 2.75) is 6.92 Å². The fourth-order valence-electron chi connectivity index (χ4n) is 1.86. The maximum Gasteiger partial charge on any atom is 0.165 e. The van der Waals surface area contributed by atoms with Gasteiger partial charge >= 0.3 is 0 Å². The summed E-state index contributed by atoms with van der Waals surface area (Å²) in [5.41, 5.74) is 2.32. The Balaban J connectivity index is 2.24. The Labute approximate surface area is 104 Å². The van der Waals surface area contributed by atoms with Crippen molar-refractivity contribution in [2.24, 2.45) is 0 Å². The molecule has 0 unspecified atom stereocenters. The van der Waals surface area contributed by atoms with E-state index in [0.717, 1.165) is 23.2 Å². The van der Waals surface area contributed by atoms with Gasteiger partial charge in [-0.1, -0.05) is 6.07 Å². The van der Waals surface area contributed by atoms with Crippen LogP contribution in [0.4, 0.5) is 5.69 Å². The largest absolute Gasteiger partial charge is 0.362 e. The molecule has 86 valence electrons. The van der Waals surface area contributed by atoms with Crippen molar-refractivity contribution in [1.82, 2.24) is 5.32 Å². The van der Waals surface area contributed by atoms with Crippen LogP contribution in [0.3, 0.4) is 0 Å². The first-order valence-electron chi connectivity index (χ1n) is 5.40. The van der Waals surface area contributed by atoms with Crippen molar-refractivity contribution in [3.8, 4) is 0 Å². The highest BCUT2D eigenvalue weighted by Crippen LogP contribution is 2.27. The van der Waals surface area contributed by atoms with Gasteiger partial charge < -0.3 is 10.2 Å². The Hall–Kier alpha value is -0.870. The average molecular weight is 283 g/mol. The molecule has 1 N–H and O–H groups in total. The minimum Gasteiger partial charge on any atom is -0.362 e. The quantitative estimate of drug-likeness (QED) is 0.852. The number of halogens is 1. The highest BCUT2D eigenvalue weighted by atomic mass is 79.9. The number of rotatable bonds is 1. The molecule has 3 nitrogen and oxygen atoms in total. The Morgan fingerprint density at radius 1 is 1.44 bits per heavy atom. The Morgan fingerprint density at radius 2 is 2.25 bits per heavy atom. The molecule has 0 aromatic heterocycles. The summed E-state index contributed by atoms with van der Waals surface area (Å²) in [7, 11) is 0. The number of benzene rings is 1. The summed E-state index contributed by atoms with van der Waals surface area (Å²) < 4.78 is 1.06. The number of aryl methyl sites for hydroxylation is 1. The number of nitrogens with zero attached hydrogens (tertiary/aromatic N) is 1. The van der Waals surface area contributed by atoms with Gasteiger partial charge in [-0.05, 0) is 40.5 Å². The molecule has 0 atom stereocenters. The highest BCUT2D eigenvalue weighted by Gasteiger charge is 2.16. The zero-order valence-corrected chi connectivity index (χ0v) is 10.9. The second-order valence-electron chi connectivity index (χ2n) is 4.09. The van der Waals surface area contributed by atoms with Crippen LogP contribution < -0.4 is 10.2 Å². The zero-order valence-electron chi connectivity index (χ0n) is 9.29. The van der Waals surface area contributed by atoms with Gasteiger partial charge in [0.25, 0.3) is 0 Å². The Morgan fingerprint density at radius 3 is 3.00 bits per heavy atom. The summed E-state index contributed by atoms with van der Waals surface area (Å²) in [5, 5.41) is 3.12. The standard InChI is InChI=1S/C12H15BrN2O/c1-9-2-3-12(11(13)6-9)15-5-4-14-7-10(16)8-15/h2-3,6,14H,4-5,7-8H2,1H3. The molecule has 0 aliphatic carbocycles. The number of Topliss-reactive ketones (excluding diaryl/α,β-unsaturated/α-hetero) is 1. The molecular weight excluding hydrogens is 268 g/mol. The molecule has 1 aliphatic rings. The van der Waals surface area contributed by atoms with Crippen molar-refractivity contribution in [3.63, 3.8) is 0 Å². The molecule has 0 spiro atoms. The van der Waals surface area contributed by atoms with Crippen molar-refractivity contribution >= 4 is 27.4 Å². The summed E-state index contributed by atoms with van der Waals surface area (Å²) in [4.78, 5) is 13.6. The van der Waals surface area contributed by atoms with Crippen molar-refractivity contribution in [3.05, 3.63) is 28.2 Å². The van der Waals surface area contributed by atoms with Crippen molar-refractivity contribution in [1.29, 1.82) is 0 Å². The van der Waals surface area contributed by atoms with E-state index in [2.05, 4.69) is 51.3 Å². The Bertz CT molecular complexity index is 406. The van der Waals surface area contributed by atoms with Crippen LogP contribution in [-0.4, -0.2) is 32.0 Å². The minimum atomic E-state index is 0.241. The van der Waals surface area contributed by atoms with Gasteiger partial charge in [0, 0.05) is 17.6 Å². The van der Waals surface area contributed by atoms with Gasteiger partial charge in [0.1, 0.15) is 0 Å². The molecule has 1 aromatic carbocycles. The average Bonchev–Trinajstić information content (AvgIpc) is 2.43. The summed E-state index contributed by atoms with van der Waals surface area (Å²) in [5.74, 6) is 0.241. The third-order valence-corrected chi connectivity index (χ3v) is 3.33. The predicted molar refractivity (Wildman–Crippen MR) is 69.0 cm³/mol. The Kier molecular flexibility index (Phi) is 3.61. The molecule has 2 rings (SSSR count). The number of ketones is 1. The summed E-state index contributed by atoms with van der Waals surface area (Å²) in [6.45, 7) is 4.76. The summed E-state index contributed by atoms with van der Waals surface area (Å²) in [6.07, 6.45) is 0. The normalized spacial score (nSPS) is 17.4. The van der Waals surface area contributed by atoms with E-state index in [-0.39, 0.29) is 5.78 Å². The minimum absolute atomic E-state index is 0.241. The van der Waals surface area contributed by atoms with Crippen LogP contribution >= 0.6 is 15.9 Å². The lowest BCUT2D eigenvalue weighted by atomic mass is 10.2. The van der Waals surface area contributed by atoms with Crippen LogP contribution in [-0.2, 0) is 4.79 Å². The van der Waals surface area contributed by atoms with Crippen molar-refractivity contribution in [2.75, 3.05) is 31.1 Å². The highest BCUT2D eigenvalue weighted by molar-refractivity contribution is 9.10. The van der Waals surface area contributed by atoms with E-state index in [1.54, 1.807) is 0 Å². The van der Waals surface area contributed by atoms with E-state index >= 15 is 0 Å². The predicted octanol–water partition coefficient (Wildman–Crippen LogP) is 1.74. The van der Waals surface area contributed by atoms with Crippen LogP contribution in [0.2, 0.25) is 0 Å². The molecule has 1 saturated heterocycles. The zero-order chi connectivity index (χ0) is 11.5. The third-order valence-electron chi connectivity index (χ3n) is 2.69. The van der Waals surface area contributed by atoms with E-state index in [9.17, 15) is 4.79 Å². The maximum absolute atomic E-state index is 11.5. The number of carbonyl (C=O) groups excluding carboxylic acids is 1. The number of hydrogen-bond donors (Lipinski definition) is 1. The van der Waals surface area contributed by atoms with E-state index in [4.69, 9.17) is 0 Å². The number of nitrogens with one attached hydrogen (secondary N) is 1. The van der Waals surface area contributed by atoms with Crippen LogP contribution in [0.5, 0.6) is 0 Å². The monoisotopic (exact) mass is 282 g/mol. The molecule has 16 heavy (non-hydrogen) atoms. The maximum atomic E-state index is 11.5. The number of hydrogen-bond acceptors (Lipinski definition) is 3. The van der Waals surface area contributed by atoms with E-state index in [1.807, 2.05) is 0 Å². The second-order valence-corrected chi connectivity index (χ2v) is 4.95. The lowest BCUT2D eigenvalue weighted by Crippen LogP contribution is -2.30. The van der Waals surface area contributed by atoms with Gasteiger partial charge in [0.2, 0.25) is 0 Å². The van der Waals surface area contributed by atoms with E-state index in [1.165, 1.54) is 5.56 Å². The lowest BCUT2D eigenvalue weighted by Gasteiger charge is -2.23. The summed E-state index contributed by atoms with van der Waals surface area (Å²) >= 11 is 3.55. The number of carbonyl (C=O) groups is 1. The lowest BCUT2D eigenvalue weighted by molar-refractivity contribution is -0.116. The first-order valence-corrected chi connectivity index (χ1v) is 6.19. The molecule has 0 bridgehead atoms. The molecular formula is C12H15BrN2O. The fraction of sp³-hybridized carbons (Fsp3) is 0.417. The van der Waals surface area contributed by atoms with Gasteiger partial charge in [-0.3, -0.25) is 4.79 Å². The van der Waals surface area contributed by atoms with Crippen LogP contribution in [0, 0.1) is 6.92 Å². The van der Waals surface area contributed by atoms with Crippen molar-refractivity contribution < 1.29 is 4.79 Å². The third kappa shape index (κ3) is 2.62. The number of anilines is 1. The van der Waals surface area contributed by atoms with Gasteiger partial charge in [0.05, 0.1) is 18.8 Å². The van der Waals surface area contributed by atoms with E-state index < -0.39 is 0 Å². The molecule has 1 aliphatic heterocycles. The van der Waals surface area contributed by atoms with Gasteiger partial charge in [-0.2, -0.15) is 0 Å². The molecule has 1 heterocycles. The van der Waals surface area contributed by atoms with Crippen LogP contribution in [0.25, 0.3) is 0 Å². The fourth-order valence-corrected chi connectivity index (χ4v) is 2.61.